The maximum atomic E-state index is 9.60. The van der Waals surface area contributed by atoms with Crippen LogP contribution in [-0.4, -0.2) is 24.2 Å². The molecule has 0 unspecified atom stereocenters. The molecule has 0 spiro atoms. The predicted molar refractivity (Wildman–Crippen MR) is 116 cm³/mol. The van der Waals surface area contributed by atoms with E-state index in [1.165, 1.54) is 11.3 Å². The number of fused-ring (bicyclic) bond motifs is 1. The first kappa shape index (κ1) is 17.3. The van der Waals surface area contributed by atoms with Crippen LogP contribution >= 0.6 is 11.3 Å². The fourth-order valence-electron chi connectivity index (χ4n) is 2.85. The van der Waals surface area contributed by atoms with Gasteiger partial charge in [-0.25, -0.2) is 4.98 Å². The largest absolute Gasteiger partial charge is 0.508 e. The summed E-state index contributed by atoms with van der Waals surface area (Å²) in [7, 11) is 4.08. The minimum atomic E-state index is 0.249. The topological polar surface area (TPSA) is 36.4 Å². The lowest BCUT2D eigenvalue weighted by Crippen LogP contribution is -2.07. The van der Waals surface area contributed by atoms with Gasteiger partial charge in [0.1, 0.15) is 10.8 Å². The standard InChI is InChI=1S/C23H20N2OS/c1-25(2)19-11-7-17(8-12-19)4-3-16-5-9-18(10-6-16)23-24-21-15-20(26)13-14-22(21)27-23/h3-15,26H,1-2H3. The van der Waals surface area contributed by atoms with E-state index in [9.17, 15) is 5.11 Å². The minimum Gasteiger partial charge on any atom is -0.508 e. The van der Waals surface area contributed by atoms with Crippen molar-refractivity contribution in [2.45, 2.75) is 0 Å². The van der Waals surface area contributed by atoms with E-state index in [0.29, 0.717) is 0 Å². The van der Waals surface area contributed by atoms with E-state index in [0.717, 1.165) is 26.4 Å². The van der Waals surface area contributed by atoms with Crippen molar-refractivity contribution >= 4 is 39.4 Å². The number of hydrogen-bond donors (Lipinski definition) is 1. The van der Waals surface area contributed by atoms with E-state index in [2.05, 4.69) is 70.6 Å². The molecule has 0 bridgehead atoms. The summed E-state index contributed by atoms with van der Waals surface area (Å²) >= 11 is 1.63. The highest BCUT2D eigenvalue weighted by Crippen LogP contribution is 2.32. The molecule has 0 aliphatic carbocycles. The van der Waals surface area contributed by atoms with Gasteiger partial charge < -0.3 is 10.0 Å². The molecule has 3 aromatic carbocycles. The molecule has 0 amide bonds. The first-order valence-corrected chi connectivity index (χ1v) is 9.56. The van der Waals surface area contributed by atoms with Gasteiger partial charge in [0.15, 0.2) is 0 Å². The van der Waals surface area contributed by atoms with Crippen molar-refractivity contribution in [1.29, 1.82) is 0 Å². The van der Waals surface area contributed by atoms with E-state index >= 15 is 0 Å². The summed E-state index contributed by atoms with van der Waals surface area (Å²) in [6.45, 7) is 0. The van der Waals surface area contributed by atoms with Gasteiger partial charge >= 0.3 is 0 Å². The van der Waals surface area contributed by atoms with E-state index in [4.69, 9.17) is 0 Å². The number of hydrogen-bond acceptors (Lipinski definition) is 4. The summed E-state index contributed by atoms with van der Waals surface area (Å²) in [5, 5.41) is 10.6. The van der Waals surface area contributed by atoms with Crippen molar-refractivity contribution < 1.29 is 5.11 Å². The molecule has 0 fully saturated rings. The first-order valence-electron chi connectivity index (χ1n) is 8.74. The van der Waals surface area contributed by atoms with Gasteiger partial charge in [-0.15, -0.1) is 11.3 Å². The molecule has 0 aliphatic rings. The average Bonchev–Trinajstić information content (AvgIpc) is 3.10. The molecule has 0 aliphatic heterocycles. The van der Waals surface area contributed by atoms with Crippen molar-refractivity contribution in [2.24, 2.45) is 0 Å². The van der Waals surface area contributed by atoms with Crippen molar-refractivity contribution in [3.05, 3.63) is 77.9 Å². The number of aromatic hydroxyl groups is 1. The number of phenols is 1. The number of thiazole rings is 1. The molecule has 1 N–H and O–H groups in total. The quantitative estimate of drug-likeness (QED) is 0.453. The summed E-state index contributed by atoms with van der Waals surface area (Å²) in [6, 6.07) is 22.2. The molecule has 4 heteroatoms. The fraction of sp³-hybridized carbons (Fsp3) is 0.0870. The van der Waals surface area contributed by atoms with Gasteiger partial charge in [0.2, 0.25) is 0 Å². The van der Waals surface area contributed by atoms with E-state index in [-0.39, 0.29) is 5.75 Å². The highest BCUT2D eigenvalue weighted by atomic mass is 32.1. The molecule has 0 radical (unpaired) electrons. The molecule has 4 rings (SSSR count). The Kier molecular flexibility index (Phi) is 4.65. The van der Waals surface area contributed by atoms with Crippen LogP contribution in [0.3, 0.4) is 0 Å². The summed E-state index contributed by atoms with van der Waals surface area (Å²) in [5.41, 5.74) is 5.44. The molecule has 3 nitrogen and oxygen atoms in total. The Morgan fingerprint density at radius 3 is 2.11 bits per heavy atom. The second-order valence-corrected chi connectivity index (χ2v) is 7.64. The van der Waals surface area contributed by atoms with Crippen LogP contribution in [0, 0.1) is 0 Å². The van der Waals surface area contributed by atoms with Gasteiger partial charge in [-0.05, 0) is 35.4 Å². The van der Waals surface area contributed by atoms with Crippen LogP contribution in [0.1, 0.15) is 11.1 Å². The maximum absolute atomic E-state index is 9.60. The number of rotatable bonds is 4. The zero-order chi connectivity index (χ0) is 18.8. The Bertz CT molecular complexity index is 1090. The van der Waals surface area contributed by atoms with Gasteiger partial charge in [-0.3, -0.25) is 0 Å². The number of nitrogens with zero attached hydrogens (tertiary/aromatic N) is 2. The van der Waals surface area contributed by atoms with E-state index in [1.54, 1.807) is 23.5 Å². The number of aromatic nitrogens is 1. The highest BCUT2D eigenvalue weighted by Gasteiger charge is 2.06. The Hall–Kier alpha value is -3.11. The average molecular weight is 372 g/mol. The van der Waals surface area contributed by atoms with Crippen LogP contribution in [0.5, 0.6) is 5.75 Å². The molecule has 4 aromatic rings. The lowest BCUT2D eigenvalue weighted by Gasteiger charge is -2.11. The van der Waals surface area contributed by atoms with Gasteiger partial charge in [0, 0.05) is 31.4 Å². The van der Waals surface area contributed by atoms with Crippen LogP contribution < -0.4 is 4.90 Å². The molecular weight excluding hydrogens is 352 g/mol. The van der Waals surface area contributed by atoms with Crippen molar-refractivity contribution in [3.63, 3.8) is 0 Å². The second kappa shape index (κ2) is 7.25. The summed E-state index contributed by atoms with van der Waals surface area (Å²) in [4.78, 5) is 6.72. The van der Waals surface area contributed by atoms with Crippen LogP contribution in [0.4, 0.5) is 5.69 Å². The molecule has 1 heterocycles. The second-order valence-electron chi connectivity index (χ2n) is 6.61. The molecule has 0 saturated heterocycles. The minimum absolute atomic E-state index is 0.249. The highest BCUT2D eigenvalue weighted by molar-refractivity contribution is 7.21. The van der Waals surface area contributed by atoms with Crippen molar-refractivity contribution in [2.75, 3.05) is 19.0 Å². The first-order chi connectivity index (χ1) is 13.1. The Labute approximate surface area is 162 Å². The lowest BCUT2D eigenvalue weighted by molar-refractivity contribution is 0.476. The van der Waals surface area contributed by atoms with Crippen LogP contribution in [0.15, 0.2) is 66.7 Å². The number of anilines is 1. The van der Waals surface area contributed by atoms with Gasteiger partial charge in [-0.1, -0.05) is 48.6 Å². The fourth-order valence-corrected chi connectivity index (χ4v) is 3.80. The van der Waals surface area contributed by atoms with Gasteiger partial charge in [0.25, 0.3) is 0 Å². The van der Waals surface area contributed by atoms with Crippen LogP contribution in [-0.2, 0) is 0 Å². The Morgan fingerprint density at radius 2 is 1.48 bits per heavy atom. The Morgan fingerprint density at radius 1 is 0.852 bits per heavy atom. The zero-order valence-electron chi connectivity index (χ0n) is 15.3. The van der Waals surface area contributed by atoms with Crippen LogP contribution in [0.2, 0.25) is 0 Å². The zero-order valence-corrected chi connectivity index (χ0v) is 16.1. The van der Waals surface area contributed by atoms with Crippen LogP contribution in [0.25, 0.3) is 32.9 Å². The molecule has 134 valence electrons. The molecule has 0 atom stereocenters. The lowest BCUT2D eigenvalue weighted by atomic mass is 10.1. The normalized spacial score (nSPS) is 11.3. The van der Waals surface area contributed by atoms with E-state index < -0.39 is 0 Å². The summed E-state index contributed by atoms with van der Waals surface area (Å²) in [6.07, 6.45) is 4.24. The van der Waals surface area contributed by atoms with Crippen molar-refractivity contribution in [1.82, 2.24) is 4.98 Å². The summed E-state index contributed by atoms with van der Waals surface area (Å²) < 4.78 is 1.08. The number of phenolic OH excluding ortho intramolecular Hbond substituents is 1. The van der Waals surface area contributed by atoms with Gasteiger partial charge in [0.05, 0.1) is 10.2 Å². The third-order valence-corrected chi connectivity index (χ3v) is 5.49. The molecule has 1 aromatic heterocycles. The smallest absolute Gasteiger partial charge is 0.124 e. The predicted octanol–water partition coefficient (Wildman–Crippen LogP) is 5.91. The maximum Gasteiger partial charge on any atom is 0.124 e. The third-order valence-electron chi connectivity index (χ3n) is 4.41. The number of benzene rings is 3. The summed E-state index contributed by atoms with van der Waals surface area (Å²) in [5.74, 6) is 0.249. The van der Waals surface area contributed by atoms with Crippen molar-refractivity contribution in [3.8, 4) is 16.3 Å². The van der Waals surface area contributed by atoms with E-state index in [1.807, 2.05) is 20.2 Å². The SMILES string of the molecule is CN(C)c1ccc(C=Cc2ccc(-c3nc4cc(O)ccc4s3)cc2)cc1. The third kappa shape index (κ3) is 3.86. The molecule has 0 saturated carbocycles. The molecular formula is C23H20N2OS. The monoisotopic (exact) mass is 372 g/mol. The Balaban J connectivity index is 1.52. The molecule has 27 heavy (non-hydrogen) atoms. The van der Waals surface area contributed by atoms with Gasteiger partial charge in [-0.2, -0.15) is 0 Å².